The Balaban J connectivity index is 1.39. The maximum atomic E-state index is 12.9. The van der Waals surface area contributed by atoms with Crippen molar-refractivity contribution < 1.29 is 4.79 Å². The van der Waals surface area contributed by atoms with E-state index in [4.69, 9.17) is 0 Å². The molecule has 0 N–H and O–H groups in total. The summed E-state index contributed by atoms with van der Waals surface area (Å²) in [5.74, 6) is 2.16. The van der Waals surface area contributed by atoms with Gasteiger partial charge >= 0.3 is 0 Å². The first-order valence-electron chi connectivity index (χ1n) is 10.2. The van der Waals surface area contributed by atoms with Crippen LogP contribution in [0, 0.1) is 13.8 Å². The van der Waals surface area contributed by atoms with E-state index in [9.17, 15) is 4.79 Å². The molecule has 0 radical (unpaired) electrons. The van der Waals surface area contributed by atoms with E-state index in [1.54, 1.807) is 0 Å². The predicted octanol–water partition coefficient (Wildman–Crippen LogP) is 2.24. The molecule has 0 aliphatic carbocycles. The summed E-state index contributed by atoms with van der Waals surface area (Å²) in [5, 5.41) is 13.2. The van der Waals surface area contributed by atoms with E-state index in [-0.39, 0.29) is 5.91 Å². The maximum absolute atomic E-state index is 12.9. The van der Waals surface area contributed by atoms with Gasteiger partial charge in [0.05, 0.1) is 5.69 Å². The van der Waals surface area contributed by atoms with Gasteiger partial charge < -0.3 is 9.47 Å². The molecular weight excluding hydrogens is 364 g/mol. The quantitative estimate of drug-likeness (QED) is 0.668. The van der Waals surface area contributed by atoms with Crippen LogP contribution in [0.1, 0.15) is 40.6 Å². The number of amides is 1. The third kappa shape index (κ3) is 4.09. The zero-order valence-electron chi connectivity index (χ0n) is 17.4. The van der Waals surface area contributed by atoms with Gasteiger partial charge in [-0.3, -0.25) is 9.48 Å². The maximum Gasteiger partial charge on any atom is 0.222 e. The average Bonchev–Trinajstić information content (AvgIpc) is 3.10. The monoisotopic (exact) mass is 392 g/mol. The van der Waals surface area contributed by atoms with Crippen molar-refractivity contribution in [1.82, 2.24) is 29.4 Å². The van der Waals surface area contributed by atoms with Gasteiger partial charge in [0.1, 0.15) is 11.6 Å². The van der Waals surface area contributed by atoms with Crippen LogP contribution in [-0.2, 0) is 37.6 Å². The smallest absolute Gasteiger partial charge is 0.222 e. The highest BCUT2D eigenvalue weighted by atomic mass is 16.2. The number of aromatic nitrogens is 5. The topological polar surface area (TPSA) is 68.8 Å². The SMILES string of the molecule is Cc1nn(C)c(C)c1CCC(=O)N1CCc2nnc(Cc3ccccc3)n2CC1. The summed E-state index contributed by atoms with van der Waals surface area (Å²) in [6.45, 7) is 6.23. The van der Waals surface area contributed by atoms with Gasteiger partial charge in [-0.1, -0.05) is 30.3 Å². The molecule has 3 heterocycles. The summed E-state index contributed by atoms with van der Waals surface area (Å²) in [5.41, 5.74) is 4.58. The first-order valence-corrected chi connectivity index (χ1v) is 10.2. The minimum Gasteiger partial charge on any atom is -0.340 e. The minimum atomic E-state index is 0.205. The number of rotatable bonds is 5. The van der Waals surface area contributed by atoms with E-state index in [0.717, 1.165) is 48.8 Å². The van der Waals surface area contributed by atoms with Crippen molar-refractivity contribution in [3.05, 3.63) is 64.5 Å². The fourth-order valence-electron chi connectivity index (χ4n) is 4.11. The Morgan fingerprint density at radius 1 is 1.07 bits per heavy atom. The number of nitrogens with zero attached hydrogens (tertiary/aromatic N) is 6. The fraction of sp³-hybridized carbons (Fsp3) is 0.455. The molecule has 0 bridgehead atoms. The molecule has 4 rings (SSSR count). The minimum absolute atomic E-state index is 0.205. The van der Waals surface area contributed by atoms with E-state index in [0.29, 0.717) is 19.5 Å². The van der Waals surface area contributed by atoms with Crippen LogP contribution in [0.5, 0.6) is 0 Å². The molecule has 0 spiro atoms. The van der Waals surface area contributed by atoms with Crippen LogP contribution < -0.4 is 0 Å². The first-order chi connectivity index (χ1) is 14.0. The van der Waals surface area contributed by atoms with E-state index >= 15 is 0 Å². The lowest BCUT2D eigenvalue weighted by Crippen LogP contribution is -2.34. The molecule has 1 amide bonds. The molecule has 152 valence electrons. The first kappa shape index (κ1) is 19.4. The Labute approximate surface area is 171 Å². The second-order valence-corrected chi connectivity index (χ2v) is 7.75. The second-order valence-electron chi connectivity index (χ2n) is 7.75. The molecule has 0 saturated carbocycles. The fourth-order valence-corrected chi connectivity index (χ4v) is 4.11. The Morgan fingerprint density at radius 3 is 2.59 bits per heavy atom. The molecule has 0 unspecified atom stereocenters. The van der Waals surface area contributed by atoms with Gasteiger partial charge in [0.15, 0.2) is 0 Å². The summed E-state index contributed by atoms with van der Waals surface area (Å²) >= 11 is 0. The predicted molar refractivity (Wildman–Crippen MR) is 111 cm³/mol. The molecule has 1 aliphatic heterocycles. The van der Waals surface area contributed by atoms with Gasteiger partial charge in [0, 0.05) is 51.6 Å². The van der Waals surface area contributed by atoms with E-state index in [1.165, 1.54) is 11.1 Å². The molecular formula is C22H28N6O. The van der Waals surface area contributed by atoms with Crippen molar-refractivity contribution in [3.8, 4) is 0 Å². The summed E-state index contributed by atoms with van der Waals surface area (Å²) in [4.78, 5) is 14.8. The van der Waals surface area contributed by atoms with Gasteiger partial charge in [-0.15, -0.1) is 10.2 Å². The Bertz CT molecular complexity index is 1000. The van der Waals surface area contributed by atoms with Gasteiger partial charge in [-0.05, 0) is 31.4 Å². The standard InChI is InChI=1S/C22H28N6O/c1-16-19(17(2)26(3)25-16)9-10-22(29)27-12-11-20-23-24-21(28(20)14-13-27)15-18-7-5-4-6-8-18/h4-8H,9-15H2,1-3H3. The third-order valence-electron chi connectivity index (χ3n) is 5.91. The third-order valence-corrected chi connectivity index (χ3v) is 5.91. The van der Waals surface area contributed by atoms with Crippen LogP contribution in [0.15, 0.2) is 30.3 Å². The number of benzene rings is 1. The molecule has 7 heteroatoms. The van der Waals surface area contributed by atoms with E-state index < -0.39 is 0 Å². The average molecular weight is 393 g/mol. The summed E-state index contributed by atoms with van der Waals surface area (Å²) in [6, 6.07) is 10.3. The van der Waals surface area contributed by atoms with Crippen molar-refractivity contribution in [2.45, 2.75) is 46.1 Å². The number of carbonyl (C=O) groups is 1. The van der Waals surface area contributed by atoms with Crippen LogP contribution in [0.3, 0.4) is 0 Å². The lowest BCUT2D eigenvalue weighted by atomic mass is 10.1. The lowest BCUT2D eigenvalue weighted by Gasteiger charge is -2.20. The summed E-state index contributed by atoms with van der Waals surface area (Å²) in [7, 11) is 1.95. The molecule has 29 heavy (non-hydrogen) atoms. The molecule has 1 aromatic carbocycles. The van der Waals surface area contributed by atoms with Crippen LogP contribution in [0.4, 0.5) is 0 Å². The summed E-state index contributed by atoms with van der Waals surface area (Å²) < 4.78 is 4.08. The second kappa shape index (κ2) is 8.19. The molecule has 2 aromatic heterocycles. The number of fused-ring (bicyclic) bond motifs is 1. The van der Waals surface area contributed by atoms with Gasteiger partial charge in [-0.25, -0.2) is 0 Å². The van der Waals surface area contributed by atoms with Crippen LogP contribution in [0.2, 0.25) is 0 Å². The Morgan fingerprint density at radius 2 is 1.86 bits per heavy atom. The molecule has 0 fully saturated rings. The Hall–Kier alpha value is -2.96. The van der Waals surface area contributed by atoms with E-state index in [2.05, 4.69) is 38.9 Å². The van der Waals surface area contributed by atoms with E-state index in [1.807, 2.05) is 41.8 Å². The van der Waals surface area contributed by atoms with Crippen molar-refractivity contribution >= 4 is 5.91 Å². The normalized spacial score (nSPS) is 14.0. The lowest BCUT2D eigenvalue weighted by molar-refractivity contribution is -0.131. The highest BCUT2D eigenvalue weighted by Gasteiger charge is 2.22. The molecule has 1 aliphatic rings. The summed E-state index contributed by atoms with van der Waals surface area (Å²) in [6.07, 6.45) is 2.77. The number of aryl methyl sites for hydroxylation is 2. The van der Waals surface area contributed by atoms with Crippen LogP contribution in [0.25, 0.3) is 0 Å². The number of carbonyl (C=O) groups excluding carboxylic acids is 1. The number of hydrogen-bond donors (Lipinski definition) is 0. The molecule has 3 aromatic rings. The van der Waals surface area contributed by atoms with Crippen LogP contribution >= 0.6 is 0 Å². The zero-order chi connectivity index (χ0) is 20.4. The van der Waals surface area contributed by atoms with Gasteiger partial charge in [-0.2, -0.15) is 5.10 Å². The number of hydrogen-bond acceptors (Lipinski definition) is 4. The van der Waals surface area contributed by atoms with Crippen molar-refractivity contribution in [3.63, 3.8) is 0 Å². The molecule has 7 nitrogen and oxygen atoms in total. The van der Waals surface area contributed by atoms with Crippen LogP contribution in [-0.4, -0.2) is 48.4 Å². The van der Waals surface area contributed by atoms with Crippen molar-refractivity contribution in [2.75, 3.05) is 13.1 Å². The largest absolute Gasteiger partial charge is 0.340 e. The van der Waals surface area contributed by atoms with Crippen molar-refractivity contribution in [1.29, 1.82) is 0 Å². The Kier molecular flexibility index (Phi) is 5.47. The highest BCUT2D eigenvalue weighted by Crippen LogP contribution is 2.17. The molecule has 0 saturated heterocycles. The molecule has 0 atom stereocenters. The zero-order valence-corrected chi connectivity index (χ0v) is 17.4. The highest BCUT2D eigenvalue weighted by molar-refractivity contribution is 5.76. The van der Waals surface area contributed by atoms with Gasteiger partial charge in [0.2, 0.25) is 5.91 Å². The van der Waals surface area contributed by atoms with Gasteiger partial charge in [0.25, 0.3) is 0 Å². The van der Waals surface area contributed by atoms with Crippen molar-refractivity contribution in [2.24, 2.45) is 7.05 Å².